The standard InChI is InChI=1S/C14H28N2/c1-4-9-16(12-6-7-12)14-10-11(2)5-8-13(14)15-3/h11-15H,4-10H2,1-3H3. The van der Waals surface area contributed by atoms with Gasteiger partial charge in [0.25, 0.3) is 0 Å². The number of nitrogens with zero attached hydrogens (tertiary/aromatic N) is 1. The van der Waals surface area contributed by atoms with Gasteiger partial charge in [0, 0.05) is 18.1 Å². The summed E-state index contributed by atoms with van der Waals surface area (Å²) >= 11 is 0. The topological polar surface area (TPSA) is 15.3 Å². The molecule has 2 aliphatic carbocycles. The molecule has 2 fully saturated rings. The summed E-state index contributed by atoms with van der Waals surface area (Å²) in [6.07, 6.45) is 8.38. The molecule has 0 bridgehead atoms. The Morgan fingerprint density at radius 2 is 1.94 bits per heavy atom. The molecule has 2 saturated carbocycles. The Kier molecular flexibility index (Phi) is 4.26. The van der Waals surface area contributed by atoms with Gasteiger partial charge in [-0.2, -0.15) is 0 Å². The third-order valence-corrected chi connectivity index (χ3v) is 4.37. The summed E-state index contributed by atoms with van der Waals surface area (Å²) in [6, 6.07) is 2.47. The lowest BCUT2D eigenvalue weighted by Gasteiger charge is -2.42. The van der Waals surface area contributed by atoms with Crippen LogP contribution in [0.25, 0.3) is 0 Å². The fourth-order valence-corrected chi connectivity index (χ4v) is 3.34. The van der Waals surface area contributed by atoms with E-state index in [1.165, 1.54) is 45.1 Å². The van der Waals surface area contributed by atoms with Crippen LogP contribution in [0.1, 0.15) is 52.4 Å². The number of hydrogen-bond donors (Lipinski definition) is 1. The lowest BCUT2D eigenvalue weighted by Crippen LogP contribution is -2.53. The van der Waals surface area contributed by atoms with Crippen molar-refractivity contribution in [2.75, 3.05) is 13.6 Å². The van der Waals surface area contributed by atoms with Gasteiger partial charge in [0.2, 0.25) is 0 Å². The Hall–Kier alpha value is -0.0800. The largest absolute Gasteiger partial charge is 0.315 e. The van der Waals surface area contributed by atoms with E-state index in [1.54, 1.807) is 0 Å². The van der Waals surface area contributed by atoms with E-state index in [0.717, 1.165) is 24.0 Å². The Morgan fingerprint density at radius 1 is 1.19 bits per heavy atom. The Labute approximate surface area is 101 Å². The zero-order chi connectivity index (χ0) is 11.5. The van der Waals surface area contributed by atoms with Gasteiger partial charge in [-0.15, -0.1) is 0 Å². The predicted molar refractivity (Wildman–Crippen MR) is 69.7 cm³/mol. The Bertz CT molecular complexity index is 213. The molecular weight excluding hydrogens is 196 g/mol. The van der Waals surface area contributed by atoms with E-state index in [2.05, 4.69) is 31.1 Å². The van der Waals surface area contributed by atoms with Crippen molar-refractivity contribution in [3.05, 3.63) is 0 Å². The maximum absolute atomic E-state index is 3.55. The maximum atomic E-state index is 3.55. The van der Waals surface area contributed by atoms with Crippen LogP contribution in [0, 0.1) is 5.92 Å². The minimum atomic E-state index is 0.739. The second-order valence-corrected chi connectivity index (χ2v) is 5.85. The van der Waals surface area contributed by atoms with Crippen molar-refractivity contribution >= 4 is 0 Å². The first-order valence-corrected chi connectivity index (χ1v) is 7.19. The molecule has 94 valence electrons. The highest BCUT2D eigenvalue weighted by atomic mass is 15.2. The summed E-state index contributed by atoms with van der Waals surface area (Å²) in [6.45, 7) is 6.05. The number of nitrogens with one attached hydrogen (secondary N) is 1. The minimum Gasteiger partial charge on any atom is -0.315 e. The van der Waals surface area contributed by atoms with Gasteiger partial charge in [-0.3, -0.25) is 4.90 Å². The Balaban J connectivity index is 2.00. The van der Waals surface area contributed by atoms with E-state index in [1.807, 2.05) is 0 Å². The van der Waals surface area contributed by atoms with Crippen LogP contribution in [0.5, 0.6) is 0 Å². The van der Waals surface area contributed by atoms with E-state index in [9.17, 15) is 0 Å². The zero-order valence-corrected chi connectivity index (χ0v) is 11.2. The first kappa shape index (κ1) is 12.4. The smallest absolute Gasteiger partial charge is 0.0254 e. The zero-order valence-electron chi connectivity index (χ0n) is 11.2. The van der Waals surface area contributed by atoms with Crippen LogP contribution in [0.3, 0.4) is 0 Å². The summed E-state index contributed by atoms with van der Waals surface area (Å²) < 4.78 is 0. The van der Waals surface area contributed by atoms with Gasteiger partial charge >= 0.3 is 0 Å². The van der Waals surface area contributed by atoms with Crippen LogP contribution in [-0.2, 0) is 0 Å². The molecule has 0 radical (unpaired) electrons. The number of rotatable bonds is 5. The molecule has 3 unspecified atom stereocenters. The molecule has 1 N–H and O–H groups in total. The van der Waals surface area contributed by atoms with Crippen molar-refractivity contribution in [1.82, 2.24) is 10.2 Å². The molecule has 0 aromatic rings. The van der Waals surface area contributed by atoms with Crippen molar-refractivity contribution in [2.45, 2.75) is 70.5 Å². The third-order valence-electron chi connectivity index (χ3n) is 4.37. The lowest BCUT2D eigenvalue weighted by molar-refractivity contribution is 0.0967. The highest BCUT2D eigenvalue weighted by molar-refractivity contribution is 4.96. The average Bonchev–Trinajstić information content (AvgIpc) is 3.10. The highest BCUT2D eigenvalue weighted by Gasteiger charge is 2.38. The molecule has 0 spiro atoms. The number of hydrogen-bond acceptors (Lipinski definition) is 2. The average molecular weight is 224 g/mol. The molecule has 0 saturated heterocycles. The SMILES string of the molecule is CCCN(C1CC1)C1CC(C)CCC1NC. The van der Waals surface area contributed by atoms with Crippen LogP contribution in [-0.4, -0.2) is 36.6 Å². The van der Waals surface area contributed by atoms with Gasteiger partial charge in [-0.1, -0.05) is 13.8 Å². The summed E-state index contributed by atoms with van der Waals surface area (Å²) in [4.78, 5) is 2.82. The van der Waals surface area contributed by atoms with Crippen molar-refractivity contribution < 1.29 is 0 Å². The number of likely N-dealkylation sites (N-methyl/N-ethyl adjacent to an activating group) is 1. The van der Waals surface area contributed by atoms with Crippen LogP contribution < -0.4 is 5.32 Å². The van der Waals surface area contributed by atoms with E-state index in [-0.39, 0.29) is 0 Å². The molecule has 3 atom stereocenters. The molecule has 2 rings (SSSR count). The van der Waals surface area contributed by atoms with Crippen molar-refractivity contribution in [3.8, 4) is 0 Å². The van der Waals surface area contributed by atoms with E-state index >= 15 is 0 Å². The molecule has 0 aromatic heterocycles. The molecule has 16 heavy (non-hydrogen) atoms. The van der Waals surface area contributed by atoms with Crippen LogP contribution in [0.2, 0.25) is 0 Å². The minimum absolute atomic E-state index is 0.739. The molecule has 2 aliphatic rings. The van der Waals surface area contributed by atoms with Gasteiger partial charge in [0.1, 0.15) is 0 Å². The molecule has 0 amide bonds. The van der Waals surface area contributed by atoms with E-state index in [0.29, 0.717) is 0 Å². The summed E-state index contributed by atoms with van der Waals surface area (Å²) in [7, 11) is 2.14. The van der Waals surface area contributed by atoms with E-state index < -0.39 is 0 Å². The normalized spacial score (nSPS) is 35.6. The molecule has 0 aromatic carbocycles. The van der Waals surface area contributed by atoms with Gasteiger partial charge in [0.05, 0.1) is 0 Å². The second kappa shape index (κ2) is 5.50. The molecule has 0 heterocycles. The van der Waals surface area contributed by atoms with Gasteiger partial charge < -0.3 is 5.32 Å². The highest BCUT2D eigenvalue weighted by Crippen LogP contribution is 2.35. The molecule has 2 heteroatoms. The van der Waals surface area contributed by atoms with Crippen molar-refractivity contribution in [2.24, 2.45) is 5.92 Å². The fourth-order valence-electron chi connectivity index (χ4n) is 3.34. The predicted octanol–water partition coefficient (Wildman–Crippen LogP) is 2.64. The fraction of sp³-hybridized carbons (Fsp3) is 1.00. The van der Waals surface area contributed by atoms with Crippen molar-refractivity contribution in [3.63, 3.8) is 0 Å². The second-order valence-electron chi connectivity index (χ2n) is 5.85. The van der Waals surface area contributed by atoms with Gasteiger partial charge in [-0.25, -0.2) is 0 Å². The van der Waals surface area contributed by atoms with Gasteiger partial charge in [-0.05, 0) is 58.0 Å². The van der Waals surface area contributed by atoms with Crippen LogP contribution >= 0.6 is 0 Å². The first-order valence-electron chi connectivity index (χ1n) is 7.19. The van der Waals surface area contributed by atoms with Crippen molar-refractivity contribution in [1.29, 1.82) is 0 Å². The Morgan fingerprint density at radius 3 is 2.50 bits per heavy atom. The summed E-state index contributed by atoms with van der Waals surface area (Å²) in [5, 5.41) is 3.55. The monoisotopic (exact) mass is 224 g/mol. The summed E-state index contributed by atoms with van der Waals surface area (Å²) in [5.41, 5.74) is 0. The quantitative estimate of drug-likeness (QED) is 0.772. The van der Waals surface area contributed by atoms with Crippen LogP contribution in [0.4, 0.5) is 0 Å². The van der Waals surface area contributed by atoms with Gasteiger partial charge in [0.15, 0.2) is 0 Å². The summed E-state index contributed by atoms with van der Waals surface area (Å²) in [5.74, 6) is 0.924. The van der Waals surface area contributed by atoms with E-state index in [4.69, 9.17) is 0 Å². The maximum Gasteiger partial charge on any atom is 0.0254 e. The lowest BCUT2D eigenvalue weighted by atomic mass is 9.82. The molecule has 2 nitrogen and oxygen atoms in total. The molecule has 0 aliphatic heterocycles. The van der Waals surface area contributed by atoms with Crippen LogP contribution in [0.15, 0.2) is 0 Å². The first-order chi connectivity index (χ1) is 7.76. The third kappa shape index (κ3) is 2.78. The molecular formula is C14H28N2.